The van der Waals surface area contributed by atoms with E-state index in [0.717, 1.165) is 16.9 Å². The summed E-state index contributed by atoms with van der Waals surface area (Å²) in [5, 5.41) is 9.19. The smallest absolute Gasteiger partial charge is 0.235 e. The van der Waals surface area contributed by atoms with Gasteiger partial charge in [0.05, 0.1) is 7.11 Å². The lowest BCUT2D eigenvalue weighted by Crippen LogP contribution is -2.20. The molecule has 0 aliphatic carbocycles. The zero-order valence-electron chi connectivity index (χ0n) is 13.0. The molecule has 1 aliphatic heterocycles. The van der Waals surface area contributed by atoms with E-state index in [9.17, 15) is 4.79 Å². The van der Waals surface area contributed by atoms with Gasteiger partial charge in [-0.2, -0.15) is 0 Å². The van der Waals surface area contributed by atoms with E-state index in [1.165, 1.54) is 0 Å². The van der Waals surface area contributed by atoms with Crippen LogP contribution in [0.1, 0.15) is 22.0 Å². The Kier molecular flexibility index (Phi) is 3.82. The molecule has 120 valence electrons. The van der Waals surface area contributed by atoms with E-state index in [4.69, 9.17) is 4.74 Å². The standard InChI is InChI=1S/C18H15N3O2S/c1-23-14-9-7-13(8-10-14)17-19-20-18-21(17)16(22)11-15(24-18)12-5-3-2-4-6-12/h2-10,15H,11H2,1H3. The van der Waals surface area contributed by atoms with Gasteiger partial charge in [-0.25, -0.2) is 4.57 Å². The van der Waals surface area contributed by atoms with Gasteiger partial charge in [0.2, 0.25) is 5.91 Å². The molecule has 1 atom stereocenters. The average Bonchev–Trinajstić information content (AvgIpc) is 3.07. The lowest BCUT2D eigenvalue weighted by atomic mass is 10.1. The SMILES string of the molecule is COc1ccc(-c2nnc3n2C(=O)CC(c2ccccc2)S3)cc1. The fourth-order valence-electron chi connectivity index (χ4n) is 2.77. The van der Waals surface area contributed by atoms with Crippen molar-refractivity contribution < 1.29 is 9.53 Å². The minimum atomic E-state index is 0.0217. The number of fused-ring (bicyclic) bond motifs is 1. The van der Waals surface area contributed by atoms with Crippen molar-refractivity contribution in [3.63, 3.8) is 0 Å². The zero-order chi connectivity index (χ0) is 16.5. The van der Waals surface area contributed by atoms with Crippen molar-refractivity contribution in [1.82, 2.24) is 14.8 Å². The molecule has 0 spiro atoms. The summed E-state index contributed by atoms with van der Waals surface area (Å²) in [6.45, 7) is 0. The summed E-state index contributed by atoms with van der Waals surface area (Å²) in [4.78, 5) is 12.7. The monoisotopic (exact) mass is 337 g/mol. The summed E-state index contributed by atoms with van der Waals surface area (Å²) in [5.74, 6) is 1.37. The minimum Gasteiger partial charge on any atom is -0.497 e. The number of carbonyl (C=O) groups is 1. The Bertz CT molecular complexity index is 875. The highest BCUT2D eigenvalue weighted by atomic mass is 32.2. The third-order valence-corrected chi connectivity index (χ3v) is 5.21. The molecule has 2 heterocycles. The van der Waals surface area contributed by atoms with E-state index in [1.54, 1.807) is 23.4 Å². The van der Waals surface area contributed by atoms with Gasteiger partial charge in [-0.1, -0.05) is 42.1 Å². The predicted molar refractivity (Wildman–Crippen MR) is 92.3 cm³/mol. The van der Waals surface area contributed by atoms with E-state index in [2.05, 4.69) is 10.2 Å². The first kappa shape index (κ1) is 15.0. The number of thioether (sulfide) groups is 1. The van der Waals surface area contributed by atoms with Crippen LogP contribution in [-0.2, 0) is 0 Å². The molecule has 1 unspecified atom stereocenters. The molecule has 0 bridgehead atoms. The van der Waals surface area contributed by atoms with Crippen LogP contribution in [-0.4, -0.2) is 27.8 Å². The van der Waals surface area contributed by atoms with E-state index in [1.807, 2.05) is 54.6 Å². The average molecular weight is 337 g/mol. The minimum absolute atomic E-state index is 0.0217. The Balaban J connectivity index is 1.68. The van der Waals surface area contributed by atoms with Crippen LogP contribution in [0.5, 0.6) is 5.75 Å². The Morgan fingerprint density at radius 1 is 1.08 bits per heavy atom. The second-order valence-corrected chi connectivity index (χ2v) is 6.66. The van der Waals surface area contributed by atoms with E-state index in [0.29, 0.717) is 17.4 Å². The summed E-state index contributed by atoms with van der Waals surface area (Å²) in [6.07, 6.45) is 0.433. The maximum atomic E-state index is 12.7. The number of carbonyl (C=O) groups excluding carboxylic acids is 1. The van der Waals surface area contributed by atoms with Crippen molar-refractivity contribution in [2.45, 2.75) is 16.8 Å². The first-order valence-corrected chi connectivity index (χ1v) is 8.49. The molecule has 4 rings (SSSR count). The molecule has 6 heteroatoms. The number of hydrogen-bond donors (Lipinski definition) is 0. The van der Waals surface area contributed by atoms with Gasteiger partial charge in [-0.15, -0.1) is 10.2 Å². The van der Waals surface area contributed by atoms with E-state index >= 15 is 0 Å². The summed E-state index contributed by atoms with van der Waals surface area (Å²) in [7, 11) is 1.62. The largest absolute Gasteiger partial charge is 0.497 e. The van der Waals surface area contributed by atoms with Gasteiger partial charge < -0.3 is 4.74 Å². The molecule has 0 saturated heterocycles. The lowest BCUT2D eigenvalue weighted by molar-refractivity contribution is 0.0888. The number of ether oxygens (including phenoxy) is 1. The van der Waals surface area contributed by atoms with Crippen LogP contribution in [0.15, 0.2) is 59.8 Å². The number of aromatic nitrogens is 3. The van der Waals surface area contributed by atoms with Crippen molar-refractivity contribution in [2.24, 2.45) is 0 Å². The summed E-state index contributed by atoms with van der Waals surface area (Å²) < 4.78 is 6.79. The highest BCUT2D eigenvalue weighted by molar-refractivity contribution is 7.99. The van der Waals surface area contributed by atoms with Gasteiger partial charge >= 0.3 is 0 Å². The number of methoxy groups -OCH3 is 1. The molecule has 0 saturated carbocycles. The Hall–Kier alpha value is -2.60. The van der Waals surface area contributed by atoms with Gasteiger partial charge in [0.25, 0.3) is 0 Å². The number of benzene rings is 2. The summed E-state index contributed by atoms with van der Waals surface area (Å²) in [5.41, 5.74) is 1.98. The zero-order valence-corrected chi connectivity index (χ0v) is 13.9. The van der Waals surface area contributed by atoms with Crippen molar-refractivity contribution >= 4 is 17.7 Å². The normalized spacial score (nSPS) is 16.7. The molecular formula is C18H15N3O2S. The van der Waals surface area contributed by atoms with Crippen molar-refractivity contribution in [3.8, 4) is 17.1 Å². The molecule has 24 heavy (non-hydrogen) atoms. The first-order chi connectivity index (χ1) is 11.8. The van der Waals surface area contributed by atoms with Gasteiger partial charge in [-0.3, -0.25) is 4.79 Å². The molecule has 1 aromatic heterocycles. The van der Waals surface area contributed by atoms with Crippen LogP contribution in [0, 0.1) is 0 Å². The fourth-order valence-corrected chi connectivity index (χ4v) is 3.93. The summed E-state index contributed by atoms with van der Waals surface area (Å²) >= 11 is 1.58. The highest BCUT2D eigenvalue weighted by Gasteiger charge is 2.31. The third kappa shape index (κ3) is 2.59. The second kappa shape index (κ2) is 6.13. The Morgan fingerprint density at radius 2 is 1.83 bits per heavy atom. The van der Waals surface area contributed by atoms with Crippen molar-refractivity contribution in [2.75, 3.05) is 7.11 Å². The maximum absolute atomic E-state index is 12.7. The van der Waals surface area contributed by atoms with Crippen LogP contribution in [0.3, 0.4) is 0 Å². The second-order valence-electron chi connectivity index (χ2n) is 5.49. The quantitative estimate of drug-likeness (QED) is 0.727. The molecule has 0 amide bonds. The van der Waals surface area contributed by atoms with Crippen LogP contribution in [0.4, 0.5) is 0 Å². The van der Waals surface area contributed by atoms with Gasteiger partial charge in [0.1, 0.15) is 5.75 Å². The molecule has 1 aliphatic rings. The number of rotatable bonds is 3. The molecular weight excluding hydrogens is 322 g/mol. The topological polar surface area (TPSA) is 57.0 Å². The summed E-state index contributed by atoms with van der Waals surface area (Å²) in [6, 6.07) is 17.5. The molecule has 2 aromatic carbocycles. The number of nitrogens with zero attached hydrogens (tertiary/aromatic N) is 3. The molecule has 0 radical (unpaired) electrons. The van der Waals surface area contributed by atoms with Crippen LogP contribution in [0.25, 0.3) is 11.4 Å². The van der Waals surface area contributed by atoms with Gasteiger partial charge in [-0.05, 0) is 29.8 Å². The van der Waals surface area contributed by atoms with Crippen LogP contribution < -0.4 is 4.74 Å². The van der Waals surface area contributed by atoms with Crippen molar-refractivity contribution in [3.05, 3.63) is 60.2 Å². The van der Waals surface area contributed by atoms with Crippen LogP contribution in [0.2, 0.25) is 0 Å². The molecule has 3 aromatic rings. The number of hydrogen-bond acceptors (Lipinski definition) is 5. The van der Waals surface area contributed by atoms with Gasteiger partial charge in [0, 0.05) is 17.2 Å². The Morgan fingerprint density at radius 3 is 2.54 bits per heavy atom. The van der Waals surface area contributed by atoms with Crippen molar-refractivity contribution in [1.29, 1.82) is 0 Å². The van der Waals surface area contributed by atoms with E-state index < -0.39 is 0 Å². The molecule has 0 N–H and O–H groups in total. The first-order valence-electron chi connectivity index (χ1n) is 7.61. The van der Waals surface area contributed by atoms with Gasteiger partial charge in [0.15, 0.2) is 11.0 Å². The highest BCUT2D eigenvalue weighted by Crippen LogP contribution is 2.42. The predicted octanol–water partition coefficient (Wildman–Crippen LogP) is 3.83. The Labute approximate surface area is 143 Å². The van der Waals surface area contributed by atoms with E-state index in [-0.39, 0.29) is 11.2 Å². The molecule has 0 fully saturated rings. The molecule has 5 nitrogen and oxygen atoms in total. The third-order valence-electron chi connectivity index (χ3n) is 4.01. The maximum Gasteiger partial charge on any atom is 0.235 e. The lowest BCUT2D eigenvalue weighted by Gasteiger charge is -2.22. The van der Waals surface area contributed by atoms with Crippen LogP contribution >= 0.6 is 11.8 Å². The fraction of sp³-hybridized carbons (Fsp3) is 0.167.